The molecule has 28 heavy (non-hydrogen) atoms. The van der Waals surface area contributed by atoms with E-state index in [-0.39, 0.29) is 5.91 Å². The van der Waals surface area contributed by atoms with Crippen molar-refractivity contribution >= 4 is 17.6 Å². The number of nitrogens with zero attached hydrogens (tertiary/aromatic N) is 4. The largest absolute Gasteiger partial charge is 0.453 e. The minimum absolute atomic E-state index is 0.0357. The number of fused-ring (bicyclic) bond motifs is 1. The Bertz CT molecular complexity index is 778. The first-order chi connectivity index (χ1) is 13.5. The molecule has 2 aromatic rings. The molecule has 1 N–H and O–H groups in total. The Kier molecular flexibility index (Phi) is 6.51. The molecule has 8 nitrogen and oxygen atoms in total. The first-order valence-electron chi connectivity index (χ1n) is 9.74. The number of hydrogen-bond acceptors (Lipinski definition) is 5. The van der Waals surface area contributed by atoms with Crippen LogP contribution in [-0.4, -0.2) is 70.5 Å². The molecule has 1 aliphatic heterocycles. The van der Waals surface area contributed by atoms with Crippen LogP contribution in [0.15, 0.2) is 30.6 Å². The topological polar surface area (TPSA) is 79.2 Å². The molecule has 0 spiro atoms. The van der Waals surface area contributed by atoms with Gasteiger partial charge in [-0.05, 0) is 24.5 Å². The third-order valence-electron chi connectivity index (χ3n) is 4.97. The number of alkyl carbamates (subject to hydrolysis) is 1. The number of piperazine rings is 1. The SMILES string of the molecule is COC(=O)NC(CC(C)C)C(=O)N1CCN(Cc2cn3ccccc3n2)CC1. The summed E-state index contributed by atoms with van der Waals surface area (Å²) < 4.78 is 6.69. The zero-order valence-electron chi connectivity index (χ0n) is 16.8. The number of nitrogens with one attached hydrogen (secondary N) is 1. The molecule has 0 bridgehead atoms. The highest BCUT2D eigenvalue weighted by Crippen LogP contribution is 2.13. The normalized spacial score (nSPS) is 16.4. The van der Waals surface area contributed by atoms with E-state index in [0.29, 0.717) is 25.4 Å². The van der Waals surface area contributed by atoms with Crippen molar-refractivity contribution in [2.45, 2.75) is 32.9 Å². The number of hydrogen-bond donors (Lipinski definition) is 1. The molecular formula is C20H29N5O3. The van der Waals surface area contributed by atoms with Gasteiger partial charge in [0.1, 0.15) is 11.7 Å². The summed E-state index contributed by atoms with van der Waals surface area (Å²) in [4.78, 5) is 33.3. The molecule has 3 rings (SSSR count). The van der Waals surface area contributed by atoms with E-state index in [9.17, 15) is 9.59 Å². The van der Waals surface area contributed by atoms with Crippen LogP contribution in [-0.2, 0) is 16.1 Å². The fourth-order valence-electron chi connectivity index (χ4n) is 3.53. The minimum atomic E-state index is -0.565. The number of carbonyl (C=O) groups excluding carboxylic acids is 2. The lowest BCUT2D eigenvalue weighted by atomic mass is 10.0. The van der Waals surface area contributed by atoms with E-state index in [2.05, 4.69) is 19.9 Å². The van der Waals surface area contributed by atoms with E-state index in [1.165, 1.54) is 7.11 Å². The Hall–Kier alpha value is -2.61. The van der Waals surface area contributed by atoms with Crippen LogP contribution in [0, 0.1) is 5.92 Å². The van der Waals surface area contributed by atoms with Crippen molar-refractivity contribution in [3.63, 3.8) is 0 Å². The summed E-state index contributed by atoms with van der Waals surface area (Å²) in [6, 6.07) is 5.41. The lowest BCUT2D eigenvalue weighted by molar-refractivity contribution is -0.135. The first-order valence-corrected chi connectivity index (χ1v) is 9.74. The fraction of sp³-hybridized carbons (Fsp3) is 0.550. The molecule has 0 aliphatic carbocycles. The van der Waals surface area contributed by atoms with Crippen LogP contribution in [0.1, 0.15) is 26.0 Å². The van der Waals surface area contributed by atoms with E-state index >= 15 is 0 Å². The summed E-state index contributed by atoms with van der Waals surface area (Å²) in [5.74, 6) is 0.258. The van der Waals surface area contributed by atoms with E-state index in [1.807, 2.05) is 53.7 Å². The Morgan fingerprint density at radius 2 is 1.96 bits per heavy atom. The average Bonchev–Trinajstić information content (AvgIpc) is 3.09. The van der Waals surface area contributed by atoms with Crippen LogP contribution in [0.4, 0.5) is 4.79 Å². The number of ether oxygens (including phenoxy) is 1. The smallest absolute Gasteiger partial charge is 0.407 e. The third-order valence-corrected chi connectivity index (χ3v) is 4.97. The van der Waals surface area contributed by atoms with Gasteiger partial charge in [0.05, 0.1) is 12.8 Å². The van der Waals surface area contributed by atoms with Gasteiger partial charge in [-0.2, -0.15) is 0 Å². The quantitative estimate of drug-likeness (QED) is 0.817. The summed E-state index contributed by atoms with van der Waals surface area (Å²) in [6.07, 6.45) is 4.07. The second-order valence-electron chi connectivity index (χ2n) is 7.62. The Morgan fingerprint density at radius 1 is 1.21 bits per heavy atom. The predicted octanol–water partition coefficient (Wildman–Crippen LogP) is 1.75. The highest BCUT2D eigenvalue weighted by molar-refractivity contribution is 5.85. The number of rotatable bonds is 6. The highest BCUT2D eigenvalue weighted by atomic mass is 16.5. The van der Waals surface area contributed by atoms with Crippen LogP contribution in [0.25, 0.3) is 5.65 Å². The predicted molar refractivity (Wildman–Crippen MR) is 106 cm³/mol. The average molecular weight is 387 g/mol. The summed E-state index contributed by atoms with van der Waals surface area (Å²) in [5.41, 5.74) is 1.97. The molecule has 2 amide bonds. The molecule has 0 saturated carbocycles. The van der Waals surface area contributed by atoms with Gasteiger partial charge in [-0.15, -0.1) is 0 Å². The van der Waals surface area contributed by atoms with Crippen molar-refractivity contribution in [2.24, 2.45) is 5.92 Å². The van der Waals surface area contributed by atoms with Gasteiger partial charge < -0.3 is 19.4 Å². The summed E-state index contributed by atoms with van der Waals surface area (Å²) in [6.45, 7) is 7.68. The molecule has 1 atom stereocenters. The van der Waals surface area contributed by atoms with Crippen LogP contribution in [0.5, 0.6) is 0 Å². The third kappa shape index (κ3) is 5.01. The molecule has 8 heteroatoms. The maximum absolute atomic E-state index is 12.9. The Labute approximate surface area is 165 Å². The van der Waals surface area contributed by atoms with Crippen molar-refractivity contribution in [1.82, 2.24) is 24.5 Å². The van der Waals surface area contributed by atoms with Gasteiger partial charge in [0.25, 0.3) is 0 Å². The summed E-state index contributed by atoms with van der Waals surface area (Å²) >= 11 is 0. The van der Waals surface area contributed by atoms with Crippen molar-refractivity contribution in [1.29, 1.82) is 0 Å². The number of amides is 2. The number of methoxy groups -OCH3 is 1. The molecule has 1 saturated heterocycles. The van der Waals surface area contributed by atoms with Crippen molar-refractivity contribution in [2.75, 3.05) is 33.3 Å². The van der Waals surface area contributed by atoms with E-state index < -0.39 is 12.1 Å². The number of imidazole rings is 1. The molecule has 152 valence electrons. The summed E-state index contributed by atoms with van der Waals surface area (Å²) in [7, 11) is 1.31. The molecular weight excluding hydrogens is 358 g/mol. The molecule has 3 heterocycles. The van der Waals surface area contributed by atoms with Crippen molar-refractivity contribution < 1.29 is 14.3 Å². The van der Waals surface area contributed by atoms with Gasteiger partial charge in [0.2, 0.25) is 5.91 Å². The highest BCUT2D eigenvalue weighted by Gasteiger charge is 2.29. The fourth-order valence-corrected chi connectivity index (χ4v) is 3.53. The van der Waals surface area contributed by atoms with Gasteiger partial charge in [-0.1, -0.05) is 19.9 Å². The van der Waals surface area contributed by atoms with E-state index in [0.717, 1.165) is 31.0 Å². The molecule has 1 unspecified atom stereocenters. The molecule has 0 radical (unpaired) electrons. The van der Waals surface area contributed by atoms with Gasteiger partial charge >= 0.3 is 6.09 Å². The van der Waals surface area contributed by atoms with Crippen LogP contribution < -0.4 is 5.32 Å². The Balaban J connectivity index is 1.55. The van der Waals surface area contributed by atoms with Gasteiger partial charge in [0, 0.05) is 45.1 Å². The van der Waals surface area contributed by atoms with E-state index in [4.69, 9.17) is 0 Å². The zero-order valence-corrected chi connectivity index (χ0v) is 16.8. The lowest BCUT2D eigenvalue weighted by Gasteiger charge is -2.36. The second-order valence-corrected chi connectivity index (χ2v) is 7.62. The lowest BCUT2D eigenvalue weighted by Crippen LogP contribution is -2.55. The molecule has 0 aromatic carbocycles. The first kappa shape index (κ1) is 20.1. The molecule has 2 aromatic heterocycles. The Morgan fingerprint density at radius 3 is 2.61 bits per heavy atom. The number of carbonyl (C=O) groups is 2. The van der Waals surface area contributed by atoms with Crippen LogP contribution in [0.3, 0.4) is 0 Å². The number of pyridine rings is 1. The second kappa shape index (κ2) is 9.05. The summed E-state index contributed by atoms with van der Waals surface area (Å²) in [5, 5.41) is 2.68. The van der Waals surface area contributed by atoms with Crippen LogP contribution >= 0.6 is 0 Å². The monoisotopic (exact) mass is 387 g/mol. The molecule has 1 fully saturated rings. The standard InChI is InChI=1S/C20H29N5O3/c1-15(2)12-17(22-20(27)28-3)19(26)24-10-8-23(9-11-24)13-16-14-25-7-5-4-6-18(25)21-16/h4-7,14-15,17H,8-13H2,1-3H3,(H,22,27). The van der Waals surface area contributed by atoms with Gasteiger partial charge in [-0.25, -0.2) is 9.78 Å². The zero-order chi connectivity index (χ0) is 20.1. The van der Waals surface area contributed by atoms with Crippen molar-refractivity contribution in [3.8, 4) is 0 Å². The van der Waals surface area contributed by atoms with Gasteiger partial charge in [-0.3, -0.25) is 9.69 Å². The van der Waals surface area contributed by atoms with Crippen molar-refractivity contribution in [3.05, 3.63) is 36.3 Å². The van der Waals surface area contributed by atoms with Gasteiger partial charge in [0.15, 0.2) is 0 Å². The molecule has 1 aliphatic rings. The number of aromatic nitrogens is 2. The maximum Gasteiger partial charge on any atom is 0.407 e. The van der Waals surface area contributed by atoms with Crippen LogP contribution in [0.2, 0.25) is 0 Å². The van der Waals surface area contributed by atoms with E-state index in [1.54, 1.807) is 0 Å². The maximum atomic E-state index is 12.9. The minimum Gasteiger partial charge on any atom is -0.453 e.